The average Bonchev–Trinajstić information content (AvgIpc) is 3.36. The molecule has 2 aromatic rings. The van der Waals surface area contributed by atoms with E-state index in [0.29, 0.717) is 25.5 Å². The maximum atomic E-state index is 12.9. The predicted molar refractivity (Wildman–Crippen MR) is 149 cm³/mol. The van der Waals surface area contributed by atoms with Crippen molar-refractivity contribution >= 4 is 23.4 Å². The van der Waals surface area contributed by atoms with Crippen LogP contribution in [0.25, 0.3) is 11.3 Å². The highest BCUT2D eigenvalue weighted by molar-refractivity contribution is 6.02. The zero-order valence-corrected chi connectivity index (χ0v) is 22.4. The summed E-state index contributed by atoms with van der Waals surface area (Å²) in [5.41, 5.74) is 3.16. The smallest absolute Gasteiger partial charge is 0.410 e. The molecular weight excluding hydrogens is 478 g/mol. The van der Waals surface area contributed by atoms with Gasteiger partial charge in [-0.3, -0.25) is 5.41 Å². The number of hydrogen-bond donors (Lipinski definition) is 2. The van der Waals surface area contributed by atoms with Gasteiger partial charge < -0.3 is 19.9 Å². The molecule has 6 rings (SSSR count). The van der Waals surface area contributed by atoms with E-state index < -0.39 is 5.60 Å². The third kappa shape index (κ3) is 4.30. The molecule has 2 atom stereocenters. The van der Waals surface area contributed by atoms with E-state index in [0.717, 1.165) is 47.0 Å². The lowest BCUT2D eigenvalue weighted by Gasteiger charge is -2.45. The number of amidine groups is 1. The van der Waals surface area contributed by atoms with E-state index in [2.05, 4.69) is 39.6 Å². The van der Waals surface area contributed by atoms with Crippen LogP contribution in [0.5, 0.6) is 0 Å². The van der Waals surface area contributed by atoms with Crippen molar-refractivity contribution in [2.45, 2.75) is 51.3 Å². The standard InChI is InChI=1S/C29H35N7O2/c1-29(2,3)38-28(37)34-17-20-12-13-21(18-34)35(20)36-26(22-11-8-16-33(4)25(22)30)32-24-15-14-23(31-27(24)36)19-9-6-5-7-10-19/h5-11,14-15,20-21,30,32H,12-13,16-18H2,1-4H3/b26-22+,30-25?. The van der Waals surface area contributed by atoms with Gasteiger partial charge >= 0.3 is 6.09 Å². The number of anilines is 2. The van der Waals surface area contributed by atoms with Crippen molar-refractivity contribution in [3.63, 3.8) is 0 Å². The number of amides is 1. The van der Waals surface area contributed by atoms with E-state index in [1.165, 1.54) is 0 Å². The molecule has 2 fully saturated rings. The summed E-state index contributed by atoms with van der Waals surface area (Å²) in [6, 6.07) is 14.5. The summed E-state index contributed by atoms with van der Waals surface area (Å²) in [5, 5.41) is 17.0. The molecule has 2 unspecified atom stereocenters. The van der Waals surface area contributed by atoms with Crippen LogP contribution in [0.3, 0.4) is 0 Å². The third-order valence-electron chi connectivity index (χ3n) is 7.49. The molecule has 1 aromatic carbocycles. The van der Waals surface area contributed by atoms with E-state index in [1.54, 1.807) is 0 Å². The van der Waals surface area contributed by atoms with Gasteiger partial charge in [-0.25, -0.2) is 19.8 Å². The second-order valence-corrected chi connectivity index (χ2v) is 11.4. The van der Waals surface area contributed by atoms with Gasteiger partial charge in [0.25, 0.3) is 0 Å². The van der Waals surface area contributed by atoms with E-state index in [-0.39, 0.29) is 18.2 Å². The molecule has 2 saturated heterocycles. The number of carbonyl (C=O) groups is 1. The zero-order valence-electron chi connectivity index (χ0n) is 22.4. The van der Waals surface area contributed by atoms with Crippen LogP contribution in [-0.4, -0.2) is 76.1 Å². The maximum Gasteiger partial charge on any atom is 0.410 e. The summed E-state index contributed by atoms with van der Waals surface area (Å²) in [7, 11) is 1.94. The molecule has 198 valence electrons. The van der Waals surface area contributed by atoms with Gasteiger partial charge in [-0.15, -0.1) is 0 Å². The molecule has 9 heteroatoms. The van der Waals surface area contributed by atoms with Gasteiger partial charge in [0.15, 0.2) is 5.82 Å². The fourth-order valence-corrected chi connectivity index (χ4v) is 5.75. The topological polar surface area (TPSA) is 88.0 Å². The minimum absolute atomic E-state index is 0.117. The number of pyridine rings is 1. The molecule has 38 heavy (non-hydrogen) atoms. The van der Waals surface area contributed by atoms with Crippen LogP contribution in [0.4, 0.5) is 16.3 Å². The van der Waals surface area contributed by atoms with Crippen molar-refractivity contribution in [2.75, 3.05) is 37.0 Å². The summed E-state index contributed by atoms with van der Waals surface area (Å²) < 4.78 is 5.70. The second kappa shape index (κ2) is 9.16. The number of nitrogens with zero attached hydrogens (tertiary/aromatic N) is 5. The molecule has 1 amide bonds. The Balaban J connectivity index is 1.40. The molecule has 4 aliphatic heterocycles. The Labute approximate surface area is 223 Å². The Morgan fingerprint density at radius 2 is 1.79 bits per heavy atom. The van der Waals surface area contributed by atoms with Crippen LogP contribution in [-0.2, 0) is 4.74 Å². The SMILES string of the molecule is CN1CC=C/C(=C2/Nc3ccc(-c4ccccc4)nc3N2N2C3CCC2CN(C(=O)OC(C)(C)C)C3)C1=N. The van der Waals surface area contributed by atoms with Crippen LogP contribution in [0.15, 0.2) is 66.0 Å². The van der Waals surface area contributed by atoms with Crippen molar-refractivity contribution in [1.29, 1.82) is 5.41 Å². The highest BCUT2D eigenvalue weighted by Crippen LogP contribution is 2.44. The highest BCUT2D eigenvalue weighted by atomic mass is 16.6. The first-order valence-corrected chi connectivity index (χ1v) is 13.3. The van der Waals surface area contributed by atoms with Gasteiger partial charge in [-0.05, 0) is 51.8 Å². The summed E-state index contributed by atoms with van der Waals surface area (Å²) >= 11 is 0. The summed E-state index contributed by atoms with van der Waals surface area (Å²) in [6.45, 7) is 7.59. The molecular formula is C29H35N7O2. The number of likely N-dealkylation sites (N-methyl/N-ethyl adjacent to an activating group) is 1. The fourth-order valence-electron chi connectivity index (χ4n) is 5.75. The number of carbonyl (C=O) groups excluding carboxylic acids is 1. The largest absolute Gasteiger partial charge is 0.444 e. The molecule has 0 aliphatic carbocycles. The number of benzene rings is 1. The first-order valence-electron chi connectivity index (χ1n) is 13.3. The van der Waals surface area contributed by atoms with Crippen molar-refractivity contribution < 1.29 is 9.53 Å². The quantitative estimate of drug-likeness (QED) is 0.603. The molecule has 0 saturated carbocycles. The Morgan fingerprint density at radius 1 is 1.08 bits per heavy atom. The second-order valence-electron chi connectivity index (χ2n) is 11.4. The minimum Gasteiger partial charge on any atom is -0.444 e. The maximum absolute atomic E-state index is 12.9. The molecule has 4 aliphatic rings. The summed E-state index contributed by atoms with van der Waals surface area (Å²) in [6.07, 6.45) is 5.81. The highest BCUT2D eigenvalue weighted by Gasteiger charge is 2.48. The van der Waals surface area contributed by atoms with Gasteiger partial charge in [0.2, 0.25) is 0 Å². The number of ether oxygens (including phenoxy) is 1. The molecule has 0 spiro atoms. The van der Waals surface area contributed by atoms with E-state index >= 15 is 0 Å². The molecule has 5 heterocycles. The first kappa shape index (κ1) is 24.5. The number of fused-ring (bicyclic) bond motifs is 3. The van der Waals surface area contributed by atoms with E-state index in [4.69, 9.17) is 15.1 Å². The Bertz CT molecular complexity index is 1320. The van der Waals surface area contributed by atoms with Gasteiger partial charge in [-0.1, -0.05) is 36.4 Å². The summed E-state index contributed by atoms with van der Waals surface area (Å²) in [4.78, 5) is 21.9. The van der Waals surface area contributed by atoms with Crippen molar-refractivity contribution in [2.24, 2.45) is 0 Å². The van der Waals surface area contributed by atoms with Crippen LogP contribution in [0, 0.1) is 5.41 Å². The Morgan fingerprint density at radius 3 is 2.47 bits per heavy atom. The fraction of sp³-hybridized carbons (Fsp3) is 0.414. The lowest BCUT2D eigenvalue weighted by molar-refractivity contribution is 0.000630. The first-order chi connectivity index (χ1) is 18.2. The van der Waals surface area contributed by atoms with Gasteiger partial charge in [0, 0.05) is 44.3 Å². The van der Waals surface area contributed by atoms with Crippen LogP contribution >= 0.6 is 0 Å². The number of nitrogens with one attached hydrogen (secondary N) is 2. The third-order valence-corrected chi connectivity index (χ3v) is 7.49. The predicted octanol–water partition coefficient (Wildman–Crippen LogP) is 4.67. The van der Waals surface area contributed by atoms with Gasteiger partial charge in [-0.2, -0.15) is 0 Å². The van der Waals surface area contributed by atoms with Crippen molar-refractivity contribution in [3.05, 3.63) is 66.0 Å². The average molecular weight is 514 g/mol. The lowest BCUT2D eigenvalue weighted by Crippen LogP contribution is -2.61. The molecule has 2 N–H and O–H groups in total. The molecule has 1 aromatic heterocycles. The number of hydrogen-bond acceptors (Lipinski definition) is 7. The molecule has 0 radical (unpaired) electrons. The minimum atomic E-state index is -0.528. The van der Waals surface area contributed by atoms with E-state index in [1.807, 2.05) is 68.0 Å². The van der Waals surface area contributed by atoms with Crippen LogP contribution < -0.4 is 10.3 Å². The molecule has 2 bridgehead atoms. The van der Waals surface area contributed by atoms with Gasteiger partial charge in [0.1, 0.15) is 17.3 Å². The number of aromatic nitrogens is 1. The monoisotopic (exact) mass is 513 g/mol. The van der Waals surface area contributed by atoms with Crippen molar-refractivity contribution in [3.8, 4) is 11.3 Å². The van der Waals surface area contributed by atoms with Crippen molar-refractivity contribution in [1.82, 2.24) is 19.8 Å². The Hall–Kier alpha value is -3.85. The normalized spacial score (nSPS) is 25.1. The number of hydrazine groups is 1. The Kier molecular flexibility index (Phi) is 5.90. The lowest BCUT2D eigenvalue weighted by atomic mass is 10.1. The number of likely N-dealkylation sites (tertiary alicyclic amines) is 1. The zero-order chi connectivity index (χ0) is 26.6. The van der Waals surface area contributed by atoms with E-state index in [9.17, 15) is 4.79 Å². The summed E-state index contributed by atoms with van der Waals surface area (Å²) in [5.74, 6) is 2.13. The number of rotatable bonds is 2. The van der Waals surface area contributed by atoms with Crippen LogP contribution in [0.1, 0.15) is 33.6 Å². The van der Waals surface area contributed by atoms with Gasteiger partial charge in [0.05, 0.1) is 17.0 Å². The molecule has 9 nitrogen and oxygen atoms in total. The number of piperazine rings is 1. The van der Waals surface area contributed by atoms with Crippen LogP contribution in [0.2, 0.25) is 0 Å².